The van der Waals surface area contributed by atoms with Gasteiger partial charge >= 0.3 is 0 Å². The van der Waals surface area contributed by atoms with E-state index in [1.165, 1.54) is 0 Å². The molecule has 0 saturated carbocycles. The summed E-state index contributed by atoms with van der Waals surface area (Å²) in [4.78, 5) is 0. The third kappa shape index (κ3) is 1.83. The minimum absolute atomic E-state index is 0.0869. The Morgan fingerprint density at radius 1 is 1.29 bits per heavy atom. The molecular weight excluding hydrogens is 176 g/mol. The molecular formula is C11H6N2O. The fourth-order valence-electron chi connectivity index (χ4n) is 0.979. The van der Waals surface area contributed by atoms with Gasteiger partial charge < -0.3 is 4.74 Å². The van der Waals surface area contributed by atoms with Crippen molar-refractivity contribution in [2.45, 2.75) is 0 Å². The van der Waals surface area contributed by atoms with Gasteiger partial charge in [0.2, 0.25) is 0 Å². The van der Waals surface area contributed by atoms with Crippen LogP contribution < -0.4 is 4.74 Å². The number of hydrogen-bond acceptors (Lipinski definition) is 3. The normalized spacial score (nSPS) is 8.07. The molecule has 14 heavy (non-hydrogen) atoms. The summed E-state index contributed by atoms with van der Waals surface area (Å²) in [5, 5.41) is 17.5. The second-order valence-electron chi connectivity index (χ2n) is 2.40. The Kier molecular flexibility index (Phi) is 3.14. The monoisotopic (exact) mass is 182 g/mol. The zero-order valence-corrected chi connectivity index (χ0v) is 7.32. The lowest BCUT2D eigenvalue weighted by molar-refractivity contribution is 0.369. The van der Waals surface area contributed by atoms with Gasteiger partial charge in [0.15, 0.2) is 0 Å². The van der Waals surface area contributed by atoms with Crippen molar-refractivity contribution in [3.05, 3.63) is 29.3 Å². The standard InChI is InChI=1S/C11H6N2O/c1-2-6-14-11-5-3-4-9(7-12)10(11)8-13/h1,3-5H,6H2. The summed E-state index contributed by atoms with van der Waals surface area (Å²) in [5.41, 5.74) is 0.521. The van der Waals surface area contributed by atoms with E-state index in [1.54, 1.807) is 18.2 Å². The van der Waals surface area contributed by atoms with E-state index in [9.17, 15) is 0 Å². The molecule has 0 heterocycles. The molecule has 0 saturated heterocycles. The predicted molar refractivity (Wildman–Crippen MR) is 50.2 cm³/mol. The van der Waals surface area contributed by atoms with Crippen molar-refractivity contribution in [3.8, 4) is 30.2 Å². The molecule has 66 valence electrons. The fourth-order valence-corrected chi connectivity index (χ4v) is 0.979. The van der Waals surface area contributed by atoms with Gasteiger partial charge in [-0.15, -0.1) is 6.42 Å². The van der Waals surface area contributed by atoms with Gasteiger partial charge in [-0.3, -0.25) is 0 Å². The summed E-state index contributed by atoms with van der Waals surface area (Å²) in [6.07, 6.45) is 5.02. The number of terminal acetylenes is 1. The number of hydrogen-bond donors (Lipinski definition) is 0. The molecule has 3 nitrogen and oxygen atoms in total. The van der Waals surface area contributed by atoms with E-state index in [0.717, 1.165) is 0 Å². The third-order valence-corrected chi connectivity index (χ3v) is 1.57. The second-order valence-corrected chi connectivity index (χ2v) is 2.40. The summed E-state index contributed by atoms with van der Waals surface area (Å²) in [6.45, 7) is 0.0869. The number of ether oxygens (including phenoxy) is 1. The van der Waals surface area contributed by atoms with Gasteiger partial charge in [-0.1, -0.05) is 12.0 Å². The van der Waals surface area contributed by atoms with Crippen molar-refractivity contribution in [3.63, 3.8) is 0 Å². The molecule has 1 rings (SSSR count). The Labute approximate surface area is 82.2 Å². The first-order chi connectivity index (χ1) is 6.83. The lowest BCUT2D eigenvalue weighted by Gasteiger charge is -2.04. The first-order valence-electron chi connectivity index (χ1n) is 3.83. The fraction of sp³-hybridized carbons (Fsp3) is 0.0909. The van der Waals surface area contributed by atoms with Crippen LogP contribution in [0.4, 0.5) is 0 Å². The molecule has 0 fully saturated rings. The van der Waals surface area contributed by atoms with Gasteiger partial charge in [-0.05, 0) is 12.1 Å². The molecule has 3 heteroatoms. The molecule has 0 atom stereocenters. The second kappa shape index (κ2) is 4.55. The van der Waals surface area contributed by atoms with E-state index in [2.05, 4.69) is 5.92 Å². The molecule has 0 unspecified atom stereocenters. The average Bonchev–Trinajstić information content (AvgIpc) is 2.25. The minimum Gasteiger partial charge on any atom is -0.480 e. The van der Waals surface area contributed by atoms with Crippen molar-refractivity contribution in [2.75, 3.05) is 6.61 Å². The number of rotatable bonds is 2. The van der Waals surface area contributed by atoms with Gasteiger partial charge in [-0.25, -0.2) is 0 Å². The first-order valence-corrected chi connectivity index (χ1v) is 3.83. The van der Waals surface area contributed by atoms with Crippen LogP contribution in [0.5, 0.6) is 5.75 Å². The molecule has 0 spiro atoms. The summed E-state index contributed by atoms with van der Waals surface area (Å²) < 4.78 is 5.11. The molecule has 0 amide bonds. The van der Waals surface area contributed by atoms with E-state index in [1.807, 2.05) is 12.1 Å². The quantitative estimate of drug-likeness (QED) is 0.650. The Morgan fingerprint density at radius 3 is 2.64 bits per heavy atom. The maximum atomic E-state index is 8.80. The molecule has 0 aliphatic carbocycles. The zero-order chi connectivity index (χ0) is 10.4. The minimum atomic E-state index is 0.0869. The SMILES string of the molecule is C#CCOc1cccc(C#N)c1C#N. The van der Waals surface area contributed by atoms with Crippen LogP contribution in [0.1, 0.15) is 11.1 Å². The summed E-state index contributed by atoms with van der Waals surface area (Å²) >= 11 is 0. The number of nitriles is 2. The molecule has 0 bridgehead atoms. The Morgan fingerprint density at radius 2 is 2.07 bits per heavy atom. The van der Waals surface area contributed by atoms with Crippen LogP contribution in [0.2, 0.25) is 0 Å². The Balaban J connectivity index is 3.14. The van der Waals surface area contributed by atoms with Gasteiger partial charge in [0, 0.05) is 0 Å². The van der Waals surface area contributed by atoms with Gasteiger partial charge in [-0.2, -0.15) is 10.5 Å². The van der Waals surface area contributed by atoms with E-state index in [4.69, 9.17) is 21.7 Å². The van der Waals surface area contributed by atoms with Crippen LogP contribution >= 0.6 is 0 Å². The summed E-state index contributed by atoms with van der Waals surface area (Å²) in [5.74, 6) is 2.64. The van der Waals surface area contributed by atoms with Crippen molar-refractivity contribution in [2.24, 2.45) is 0 Å². The van der Waals surface area contributed by atoms with Gasteiger partial charge in [0.1, 0.15) is 30.1 Å². The highest BCUT2D eigenvalue weighted by molar-refractivity contribution is 5.53. The molecule has 0 N–H and O–H groups in total. The summed E-state index contributed by atoms with van der Waals surface area (Å²) in [7, 11) is 0. The highest BCUT2D eigenvalue weighted by Gasteiger charge is 2.07. The highest BCUT2D eigenvalue weighted by Crippen LogP contribution is 2.20. The van der Waals surface area contributed by atoms with Crippen LogP contribution in [-0.4, -0.2) is 6.61 Å². The maximum Gasteiger partial charge on any atom is 0.148 e. The topological polar surface area (TPSA) is 56.8 Å². The smallest absolute Gasteiger partial charge is 0.148 e. The van der Waals surface area contributed by atoms with Crippen LogP contribution in [0.3, 0.4) is 0 Å². The van der Waals surface area contributed by atoms with E-state index in [0.29, 0.717) is 11.3 Å². The van der Waals surface area contributed by atoms with Crippen LogP contribution in [-0.2, 0) is 0 Å². The summed E-state index contributed by atoms with van der Waals surface area (Å²) in [6, 6.07) is 8.63. The largest absolute Gasteiger partial charge is 0.480 e. The van der Waals surface area contributed by atoms with Gasteiger partial charge in [0.05, 0.1) is 5.56 Å². The number of nitrogens with zero attached hydrogens (tertiary/aromatic N) is 2. The molecule has 0 aliphatic heterocycles. The lowest BCUT2D eigenvalue weighted by atomic mass is 10.1. The molecule has 1 aromatic carbocycles. The van der Waals surface area contributed by atoms with Gasteiger partial charge in [0.25, 0.3) is 0 Å². The zero-order valence-electron chi connectivity index (χ0n) is 7.32. The maximum absolute atomic E-state index is 8.80. The highest BCUT2D eigenvalue weighted by atomic mass is 16.5. The number of benzene rings is 1. The Hall–Kier alpha value is -2.44. The van der Waals surface area contributed by atoms with Crippen molar-refractivity contribution < 1.29 is 4.74 Å². The lowest BCUT2D eigenvalue weighted by Crippen LogP contribution is -1.97. The predicted octanol–water partition coefficient (Wildman–Crippen LogP) is 1.44. The van der Waals surface area contributed by atoms with Crippen molar-refractivity contribution in [1.82, 2.24) is 0 Å². The van der Waals surface area contributed by atoms with Crippen LogP contribution in [0.25, 0.3) is 0 Å². The molecule has 0 aliphatic rings. The first kappa shape index (κ1) is 9.65. The molecule has 0 aromatic heterocycles. The third-order valence-electron chi connectivity index (χ3n) is 1.57. The Bertz CT molecular complexity index is 458. The van der Waals surface area contributed by atoms with Crippen molar-refractivity contribution in [1.29, 1.82) is 10.5 Å². The average molecular weight is 182 g/mol. The molecule has 0 radical (unpaired) electrons. The van der Waals surface area contributed by atoms with Crippen LogP contribution in [0, 0.1) is 35.0 Å². The van der Waals surface area contributed by atoms with E-state index >= 15 is 0 Å². The van der Waals surface area contributed by atoms with E-state index < -0.39 is 0 Å². The van der Waals surface area contributed by atoms with Crippen LogP contribution in [0.15, 0.2) is 18.2 Å². The van der Waals surface area contributed by atoms with E-state index in [-0.39, 0.29) is 12.2 Å². The van der Waals surface area contributed by atoms with Crippen molar-refractivity contribution >= 4 is 0 Å². The molecule has 1 aromatic rings.